The van der Waals surface area contributed by atoms with Crippen molar-refractivity contribution in [1.29, 1.82) is 0 Å². The van der Waals surface area contributed by atoms with E-state index >= 15 is 0 Å². The summed E-state index contributed by atoms with van der Waals surface area (Å²) < 4.78 is 26.8. The Labute approximate surface area is 132 Å². The molecular formula is C15H22N2O2S2. The largest absolute Gasteiger partial charge is 0.393 e. The highest BCUT2D eigenvalue weighted by atomic mass is 32.2. The van der Waals surface area contributed by atoms with Crippen LogP contribution in [0.25, 0.3) is 0 Å². The molecule has 0 radical (unpaired) electrons. The molecule has 1 aliphatic carbocycles. The van der Waals surface area contributed by atoms with Gasteiger partial charge in [0.1, 0.15) is 0 Å². The van der Waals surface area contributed by atoms with E-state index in [4.69, 9.17) is 18.0 Å². The second kappa shape index (κ2) is 6.85. The van der Waals surface area contributed by atoms with E-state index in [1.165, 1.54) is 10.7 Å². The lowest BCUT2D eigenvalue weighted by Gasteiger charge is -2.30. The fourth-order valence-electron chi connectivity index (χ4n) is 2.79. The van der Waals surface area contributed by atoms with Gasteiger partial charge < -0.3 is 5.73 Å². The summed E-state index contributed by atoms with van der Waals surface area (Å²) in [4.78, 5) is 0.743. The number of benzene rings is 1. The maximum absolute atomic E-state index is 12.6. The molecule has 1 saturated carbocycles. The zero-order valence-corrected chi connectivity index (χ0v) is 13.9. The van der Waals surface area contributed by atoms with Gasteiger partial charge in [-0.1, -0.05) is 43.6 Å². The van der Waals surface area contributed by atoms with Crippen LogP contribution >= 0.6 is 12.2 Å². The van der Waals surface area contributed by atoms with Gasteiger partial charge >= 0.3 is 0 Å². The molecule has 0 unspecified atom stereocenters. The topological polar surface area (TPSA) is 63.4 Å². The Bertz CT molecular complexity index is 591. The zero-order valence-electron chi connectivity index (χ0n) is 12.3. The normalized spacial score (nSPS) is 17.0. The van der Waals surface area contributed by atoms with Crippen LogP contribution in [0.3, 0.4) is 0 Å². The quantitative estimate of drug-likeness (QED) is 0.844. The number of sulfonamides is 1. The zero-order chi connectivity index (χ0) is 15.5. The molecule has 1 aliphatic rings. The Balaban J connectivity index is 2.16. The molecule has 6 heteroatoms. The Kier molecular flexibility index (Phi) is 5.35. The number of hydrogen-bond donors (Lipinski definition) is 1. The molecule has 1 aromatic rings. The molecule has 0 heterocycles. The van der Waals surface area contributed by atoms with Gasteiger partial charge in [-0.05, 0) is 30.5 Å². The summed E-state index contributed by atoms with van der Waals surface area (Å²) in [6.07, 6.45) is 5.82. The van der Waals surface area contributed by atoms with E-state index in [0.29, 0.717) is 16.3 Å². The third kappa shape index (κ3) is 4.02. The summed E-state index contributed by atoms with van der Waals surface area (Å²) in [7, 11) is -1.73. The van der Waals surface area contributed by atoms with Gasteiger partial charge in [0.2, 0.25) is 10.0 Å². The molecule has 1 fully saturated rings. The number of hydrogen-bond acceptors (Lipinski definition) is 3. The van der Waals surface area contributed by atoms with Crippen molar-refractivity contribution < 1.29 is 8.42 Å². The second-order valence-electron chi connectivity index (χ2n) is 5.60. The second-order valence-corrected chi connectivity index (χ2v) is 8.12. The molecule has 0 atom stereocenters. The van der Waals surface area contributed by atoms with Gasteiger partial charge in [0.05, 0.1) is 9.88 Å². The van der Waals surface area contributed by atoms with Gasteiger partial charge in [0, 0.05) is 19.5 Å². The predicted molar refractivity (Wildman–Crippen MR) is 88.8 cm³/mol. The van der Waals surface area contributed by atoms with Crippen LogP contribution in [-0.2, 0) is 16.4 Å². The average molecular weight is 326 g/mol. The van der Waals surface area contributed by atoms with E-state index in [1.807, 2.05) is 0 Å². The summed E-state index contributed by atoms with van der Waals surface area (Å²) in [5.74, 6) is 0. The lowest BCUT2D eigenvalue weighted by atomic mass is 9.96. The number of rotatable bonds is 5. The summed E-state index contributed by atoms with van der Waals surface area (Å²) in [5.41, 5.74) is 6.43. The third-order valence-corrected chi connectivity index (χ3v) is 6.14. The van der Waals surface area contributed by atoms with E-state index in [0.717, 1.165) is 31.2 Å². The van der Waals surface area contributed by atoms with E-state index < -0.39 is 10.0 Å². The standard InChI is InChI=1S/C15H22N2O2S2/c1-17(13-5-3-2-4-6-13)21(18,19)14-9-7-12(8-10-14)11-15(16)20/h7-10,13H,2-6,11H2,1H3,(H2,16,20). The first-order valence-corrected chi connectivity index (χ1v) is 9.11. The molecule has 1 aromatic carbocycles. The molecule has 2 rings (SSSR count). The van der Waals surface area contributed by atoms with Crippen molar-refractivity contribution in [2.24, 2.45) is 5.73 Å². The van der Waals surface area contributed by atoms with Crippen molar-refractivity contribution in [2.45, 2.75) is 49.5 Å². The predicted octanol–water partition coefficient (Wildman–Crippen LogP) is 2.47. The highest BCUT2D eigenvalue weighted by Crippen LogP contribution is 2.26. The highest BCUT2D eigenvalue weighted by Gasteiger charge is 2.28. The highest BCUT2D eigenvalue weighted by molar-refractivity contribution is 7.89. The number of thiocarbonyl (C=S) groups is 1. The summed E-state index contributed by atoms with van der Waals surface area (Å²) >= 11 is 4.86. The minimum Gasteiger partial charge on any atom is -0.393 e. The monoisotopic (exact) mass is 326 g/mol. The van der Waals surface area contributed by atoms with Crippen molar-refractivity contribution in [3.8, 4) is 0 Å². The van der Waals surface area contributed by atoms with Crippen molar-refractivity contribution >= 4 is 27.2 Å². The Hall–Kier alpha value is -0.980. The van der Waals surface area contributed by atoms with Crippen LogP contribution in [0.4, 0.5) is 0 Å². The minimum atomic E-state index is -3.41. The smallest absolute Gasteiger partial charge is 0.243 e. The Morgan fingerprint density at radius 2 is 1.81 bits per heavy atom. The minimum absolute atomic E-state index is 0.125. The van der Waals surface area contributed by atoms with Crippen molar-refractivity contribution in [1.82, 2.24) is 4.31 Å². The molecule has 0 aliphatic heterocycles. The maximum Gasteiger partial charge on any atom is 0.243 e. The SMILES string of the molecule is CN(C1CCCCC1)S(=O)(=O)c1ccc(CC(N)=S)cc1. The van der Waals surface area contributed by atoms with Crippen molar-refractivity contribution in [3.63, 3.8) is 0 Å². The van der Waals surface area contributed by atoms with Crippen LogP contribution in [-0.4, -0.2) is 30.8 Å². The molecule has 21 heavy (non-hydrogen) atoms. The van der Waals surface area contributed by atoms with E-state index in [1.54, 1.807) is 31.3 Å². The third-order valence-electron chi connectivity index (χ3n) is 4.07. The Morgan fingerprint density at radius 1 is 1.24 bits per heavy atom. The molecule has 0 bridgehead atoms. The molecule has 0 aromatic heterocycles. The van der Waals surface area contributed by atoms with Gasteiger partial charge in [-0.3, -0.25) is 0 Å². The number of nitrogens with two attached hydrogens (primary N) is 1. The van der Waals surface area contributed by atoms with Crippen molar-refractivity contribution in [3.05, 3.63) is 29.8 Å². The molecule has 4 nitrogen and oxygen atoms in total. The first-order chi connectivity index (χ1) is 9.91. The average Bonchev–Trinajstić information content (AvgIpc) is 2.47. The van der Waals surface area contributed by atoms with Gasteiger partial charge in [-0.25, -0.2) is 8.42 Å². The van der Waals surface area contributed by atoms with Crippen LogP contribution in [0.2, 0.25) is 0 Å². The first kappa shape index (κ1) is 16.4. The molecule has 0 spiro atoms. The van der Waals surface area contributed by atoms with Gasteiger partial charge in [-0.2, -0.15) is 4.31 Å². The molecule has 2 N–H and O–H groups in total. The van der Waals surface area contributed by atoms with E-state index in [9.17, 15) is 8.42 Å². The van der Waals surface area contributed by atoms with Crippen LogP contribution < -0.4 is 5.73 Å². The van der Waals surface area contributed by atoms with Crippen LogP contribution in [0.15, 0.2) is 29.2 Å². The Morgan fingerprint density at radius 3 is 2.33 bits per heavy atom. The molecular weight excluding hydrogens is 304 g/mol. The van der Waals surface area contributed by atoms with Gasteiger partial charge in [0.15, 0.2) is 0 Å². The fourth-order valence-corrected chi connectivity index (χ4v) is 4.37. The summed E-state index contributed by atoms with van der Waals surface area (Å²) in [5, 5.41) is 0. The van der Waals surface area contributed by atoms with Crippen LogP contribution in [0.5, 0.6) is 0 Å². The van der Waals surface area contributed by atoms with Crippen LogP contribution in [0, 0.1) is 0 Å². The van der Waals surface area contributed by atoms with E-state index in [2.05, 4.69) is 0 Å². The van der Waals surface area contributed by atoms with Crippen LogP contribution in [0.1, 0.15) is 37.7 Å². The molecule has 116 valence electrons. The molecule has 0 amide bonds. The van der Waals surface area contributed by atoms with Gasteiger partial charge in [0.25, 0.3) is 0 Å². The summed E-state index contributed by atoms with van der Waals surface area (Å²) in [6, 6.07) is 6.96. The fraction of sp³-hybridized carbons (Fsp3) is 0.533. The lowest BCUT2D eigenvalue weighted by Crippen LogP contribution is -2.38. The van der Waals surface area contributed by atoms with E-state index in [-0.39, 0.29) is 6.04 Å². The maximum atomic E-state index is 12.6. The first-order valence-electron chi connectivity index (χ1n) is 7.26. The molecule has 0 saturated heterocycles. The number of nitrogens with zero attached hydrogens (tertiary/aromatic N) is 1. The van der Waals surface area contributed by atoms with Crippen molar-refractivity contribution in [2.75, 3.05) is 7.05 Å². The lowest BCUT2D eigenvalue weighted by molar-refractivity contribution is 0.286. The van der Waals surface area contributed by atoms with Gasteiger partial charge in [-0.15, -0.1) is 0 Å². The summed E-state index contributed by atoms with van der Waals surface area (Å²) in [6.45, 7) is 0.